The van der Waals surface area contributed by atoms with Gasteiger partial charge in [-0.3, -0.25) is 4.68 Å². The summed E-state index contributed by atoms with van der Waals surface area (Å²) in [6, 6.07) is 12.1. The van der Waals surface area contributed by atoms with Crippen molar-refractivity contribution in [3.8, 4) is 0 Å². The van der Waals surface area contributed by atoms with Gasteiger partial charge in [0.05, 0.1) is 16.6 Å². The summed E-state index contributed by atoms with van der Waals surface area (Å²) in [5.74, 6) is 0. The summed E-state index contributed by atoms with van der Waals surface area (Å²) in [5, 5.41) is 4.37. The van der Waals surface area contributed by atoms with Gasteiger partial charge >= 0.3 is 0 Å². The predicted octanol–water partition coefficient (Wildman–Crippen LogP) is 4.37. The number of sulfonamides is 1. The lowest BCUT2D eigenvalue weighted by molar-refractivity contribution is 0.581. The van der Waals surface area contributed by atoms with Gasteiger partial charge < -0.3 is 0 Å². The minimum Gasteiger partial charge on any atom is -0.268 e. The Bertz CT molecular complexity index is 981. The number of aromatic nitrogens is 2. The highest BCUT2D eigenvalue weighted by Crippen LogP contribution is 2.32. The molecule has 0 atom stereocenters. The molecule has 26 heavy (non-hydrogen) atoms. The summed E-state index contributed by atoms with van der Waals surface area (Å²) in [4.78, 5) is -0.180. The largest absolute Gasteiger partial charge is 0.268 e. The van der Waals surface area contributed by atoms with Crippen LogP contribution in [0, 0.1) is 0 Å². The third kappa shape index (κ3) is 4.58. The van der Waals surface area contributed by atoms with E-state index in [1.54, 1.807) is 6.20 Å². The third-order valence-electron chi connectivity index (χ3n) is 3.62. The molecule has 0 amide bonds. The molecule has 2 aromatic carbocycles. The van der Waals surface area contributed by atoms with Crippen LogP contribution in [0.15, 0.2) is 59.8 Å². The Balaban J connectivity index is 1.70. The molecule has 0 unspecified atom stereocenters. The van der Waals surface area contributed by atoms with Crippen molar-refractivity contribution in [1.29, 1.82) is 0 Å². The summed E-state index contributed by atoms with van der Waals surface area (Å²) in [5.41, 5.74) is 1.86. The van der Waals surface area contributed by atoms with Gasteiger partial charge in [-0.2, -0.15) is 5.10 Å². The number of halogens is 3. The minimum atomic E-state index is -3.87. The number of nitrogens with one attached hydrogen (secondary N) is 1. The van der Waals surface area contributed by atoms with Gasteiger partial charge in [-0.1, -0.05) is 59.1 Å². The zero-order valence-electron chi connectivity index (χ0n) is 13.4. The lowest BCUT2D eigenvalue weighted by Crippen LogP contribution is -2.24. The molecule has 1 heterocycles. The second-order valence-corrected chi connectivity index (χ2v) is 8.50. The average Bonchev–Trinajstić information content (AvgIpc) is 3.06. The fraction of sp³-hybridized carbons (Fsp3) is 0.118. The third-order valence-corrected chi connectivity index (χ3v) is 6.16. The number of hydrogen-bond acceptors (Lipinski definition) is 3. The van der Waals surface area contributed by atoms with Gasteiger partial charge in [0.2, 0.25) is 10.0 Å². The second kappa shape index (κ2) is 7.98. The molecule has 1 N–H and O–H groups in total. The molecule has 3 rings (SSSR count). The molecular weight excluding hydrogens is 417 g/mol. The van der Waals surface area contributed by atoms with Crippen LogP contribution in [0.4, 0.5) is 0 Å². The summed E-state index contributed by atoms with van der Waals surface area (Å²) < 4.78 is 29.3. The van der Waals surface area contributed by atoms with Crippen molar-refractivity contribution >= 4 is 44.8 Å². The van der Waals surface area contributed by atoms with E-state index in [4.69, 9.17) is 34.8 Å². The van der Waals surface area contributed by atoms with E-state index in [1.807, 2.05) is 41.2 Å². The van der Waals surface area contributed by atoms with Crippen molar-refractivity contribution in [2.45, 2.75) is 18.0 Å². The van der Waals surface area contributed by atoms with Gasteiger partial charge in [0.1, 0.15) is 4.90 Å². The first-order valence-electron chi connectivity index (χ1n) is 7.54. The molecule has 5 nitrogen and oxygen atoms in total. The van der Waals surface area contributed by atoms with Gasteiger partial charge in [0, 0.05) is 24.0 Å². The van der Waals surface area contributed by atoms with E-state index in [2.05, 4.69) is 9.82 Å². The summed E-state index contributed by atoms with van der Waals surface area (Å²) in [7, 11) is -3.87. The minimum absolute atomic E-state index is 0.0235. The van der Waals surface area contributed by atoms with E-state index in [0.29, 0.717) is 6.54 Å². The Kier molecular flexibility index (Phi) is 5.89. The van der Waals surface area contributed by atoms with E-state index in [0.717, 1.165) is 11.1 Å². The first kappa shape index (κ1) is 19.2. The molecule has 0 aliphatic heterocycles. The maximum Gasteiger partial charge on any atom is 0.243 e. The molecule has 0 radical (unpaired) electrons. The summed E-state index contributed by atoms with van der Waals surface area (Å²) in [6.45, 7) is 0.759. The van der Waals surface area contributed by atoms with Crippen molar-refractivity contribution in [3.05, 3.63) is 81.1 Å². The smallest absolute Gasteiger partial charge is 0.243 e. The van der Waals surface area contributed by atoms with Gasteiger partial charge in [-0.15, -0.1) is 0 Å². The zero-order valence-corrected chi connectivity index (χ0v) is 16.4. The standard InChI is InChI=1S/C17H14Cl3N3O2S/c18-14-8-15(19)17(16(20)9-14)26(24,25)22-10-12-2-4-13(5-3-12)11-23-7-1-6-21-23/h1-9,22H,10-11H2. The Hall–Kier alpha value is -1.57. The summed E-state index contributed by atoms with van der Waals surface area (Å²) in [6.07, 6.45) is 3.60. The van der Waals surface area contributed by atoms with Gasteiger partial charge in [0.15, 0.2) is 0 Å². The van der Waals surface area contributed by atoms with Gasteiger partial charge in [-0.05, 0) is 29.3 Å². The fourth-order valence-corrected chi connectivity index (χ4v) is 4.94. The highest BCUT2D eigenvalue weighted by molar-refractivity contribution is 7.89. The van der Waals surface area contributed by atoms with Crippen LogP contribution in [-0.2, 0) is 23.1 Å². The fourth-order valence-electron chi connectivity index (χ4n) is 2.38. The average molecular weight is 431 g/mol. The lowest BCUT2D eigenvalue weighted by atomic mass is 10.1. The Morgan fingerprint density at radius 3 is 2.19 bits per heavy atom. The molecule has 0 fully saturated rings. The molecule has 0 saturated heterocycles. The van der Waals surface area contributed by atoms with Crippen molar-refractivity contribution < 1.29 is 8.42 Å². The lowest BCUT2D eigenvalue weighted by Gasteiger charge is -2.11. The van der Waals surface area contributed by atoms with E-state index in [-0.39, 0.29) is 26.5 Å². The van der Waals surface area contributed by atoms with Crippen molar-refractivity contribution in [2.24, 2.45) is 0 Å². The van der Waals surface area contributed by atoms with Crippen LogP contribution in [0.1, 0.15) is 11.1 Å². The van der Waals surface area contributed by atoms with E-state index in [9.17, 15) is 8.42 Å². The number of benzene rings is 2. The Morgan fingerprint density at radius 2 is 1.62 bits per heavy atom. The van der Waals surface area contributed by atoms with Crippen LogP contribution in [0.5, 0.6) is 0 Å². The molecule has 9 heteroatoms. The number of nitrogens with zero attached hydrogens (tertiary/aromatic N) is 2. The van der Waals surface area contributed by atoms with Gasteiger partial charge in [-0.25, -0.2) is 13.1 Å². The van der Waals surface area contributed by atoms with Crippen LogP contribution in [-0.4, -0.2) is 18.2 Å². The van der Waals surface area contributed by atoms with E-state index in [1.165, 1.54) is 12.1 Å². The molecule has 3 aromatic rings. The second-order valence-electron chi connectivity index (χ2n) is 5.54. The SMILES string of the molecule is O=S(=O)(NCc1ccc(Cn2cccn2)cc1)c1c(Cl)cc(Cl)cc1Cl. The van der Waals surface area contributed by atoms with Crippen LogP contribution in [0.25, 0.3) is 0 Å². The monoisotopic (exact) mass is 429 g/mol. The molecule has 0 aliphatic rings. The van der Waals surface area contributed by atoms with Crippen molar-refractivity contribution in [2.75, 3.05) is 0 Å². The number of rotatable bonds is 6. The first-order chi connectivity index (χ1) is 12.3. The molecule has 0 saturated carbocycles. The van der Waals surface area contributed by atoms with Crippen molar-refractivity contribution in [1.82, 2.24) is 14.5 Å². The van der Waals surface area contributed by atoms with Gasteiger partial charge in [0.25, 0.3) is 0 Å². The Labute approximate surface area is 166 Å². The topological polar surface area (TPSA) is 64.0 Å². The highest BCUT2D eigenvalue weighted by atomic mass is 35.5. The first-order valence-corrected chi connectivity index (χ1v) is 10.2. The number of hydrogen-bond donors (Lipinski definition) is 1. The van der Waals surface area contributed by atoms with Crippen molar-refractivity contribution in [3.63, 3.8) is 0 Å². The predicted molar refractivity (Wildman–Crippen MR) is 103 cm³/mol. The van der Waals surface area contributed by atoms with E-state index >= 15 is 0 Å². The Morgan fingerprint density at radius 1 is 1.00 bits per heavy atom. The summed E-state index contributed by atoms with van der Waals surface area (Å²) >= 11 is 17.8. The van der Waals surface area contributed by atoms with E-state index < -0.39 is 10.0 Å². The molecule has 0 aliphatic carbocycles. The maximum atomic E-state index is 12.5. The molecule has 0 bridgehead atoms. The zero-order chi connectivity index (χ0) is 18.7. The van der Waals surface area contributed by atoms with Crippen LogP contribution in [0.2, 0.25) is 15.1 Å². The normalized spacial score (nSPS) is 11.7. The van der Waals surface area contributed by atoms with Crippen LogP contribution >= 0.6 is 34.8 Å². The molecular formula is C17H14Cl3N3O2S. The molecule has 136 valence electrons. The molecule has 0 spiro atoms. The molecule has 1 aromatic heterocycles. The van der Waals surface area contributed by atoms with Crippen LogP contribution in [0.3, 0.4) is 0 Å². The van der Waals surface area contributed by atoms with Crippen LogP contribution < -0.4 is 4.72 Å². The highest BCUT2D eigenvalue weighted by Gasteiger charge is 2.22. The quantitative estimate of drug-likeness (QED) is 0.631. The maximum absolute atomic E-state index is 12.5.